The number of sulfonamides is 1. The zero-order valence-corrected chi connectivity index (χ0v) is 14.0. The maximum atomic E-state index is 12.7. The molecule has 3 aromatic rings. The highest BCUT2D eigenvalue weighted by Crippen LogP contribution is 2.27. The van der Waals surface area contributed by atoms with Crippen molar-refractivity contribution in [1.82, 2.24) is 4.98 Å². The molecule has 0 amide bonds. The van der Waals surface area contributed by atoms with Gasteiger partial charge >= 0.3 is 0 Å². The number of nitrogens with one attached hydrogen (secondary N) is 2. The van der Waals surface area contributed by atoms with E-state index < -0.39 is 10.0 Å². The van der Waals surface area contributed by atoms with Crippen LogP contribution in [0.5, 0.6) is 5.75 Å². The molecule has 1 aromatic heterocycles. The number of benzene rings is 2. The van der Waals surface area contributed by atoms with Gasteiger partial charge < -0.3 is 9.72 Å². The number of pyridine rings is 1. The van der Waals surface area contributed by atoms with Crippen LogP contribution in [-0.4, -0.2) is 20.5 Å². The second kappa shape index (κ2) is 6.01. The Hall–Kier alpha value is -2.80. The van der Waals surface area contributed by atoms with Gasteiger partial charge in [-0.1, -0.05) is 12.1 Å². The molecule has 0 spiro atoms. The number of aryl methyl sites for hydroxylation is 1. The van der Waals surface area contributed by atoms with Crippen LogP contribution < -0.4 is 15.0 Å². The van der Waals surface area contributed by atoms with E-state index in [1.807, 2.05) is 0 Å². The highest BCUT2D eigenvalue weighted by atomic mass is 32.2. The fourth-order valence-electron chi connectivity index (χ4n) is 2.50. The molecule has 0 atom stereocenters. The number of para-hydroxylation sites is 2. The molecule has 0 bridgehead atoms. The first-order chi connectivity index (χ1) is 11.4. The summed E-state index contributed by atoms with van der Waals surface area (Å²) >= 11 is 0. The van der Waals surface area contributed by atoms with Crippen molar-refractivity contribution in [2.24, 2.45) is 0 Å². The van der Waals surface area contributed by atoms with Crippen LogP contribution in [0.3, 0.4) is 0 Å². The van der Waals surface area contributed by atoms with E-state index >= 15 is 0 Å². The van der Waals surface area contributed by atoms with Crippen molar-refractivity contribution in [2.45, 2.75) is 11.8 Å². The van der Waals surface area contributed by atoms with E-state index in [0.29, 0.717) is 27.9 Å². The molecule has 0 radical (unpaired) electrons. The van der Waals surface area contributed by atoms with Gasteiger partial charge in [-0.15, -0.1) is 0 Å². The van der Waals surface area contributed by atoms with Crippen LogP contribution in [-0.2, 0) is 10.0 Å². The lowest BCUT2D eigenvalue weighted by Crippen LogP contribution is -2.14. The largest absolute Gasteiger partial charge is 0.495 e. The van der Waals surface area contributed by atoms with Crippen molar-refractivity contribution in [2.75, 3.05) is 11.8 Å². The Morgan fingerprint density at radius 1 is 1.08 bits per heavy atom. The van der Waals surface area contributed by atoms with E-state index in [1.165, 1.54) is 19.2 Å². The Morgan fingerprint density at radius 2 is 1.83 bits per heavy atom. The summed E-state index contributed by atoms with van der Waals surface area (Å²) in [5, 5.41) is 0.678. The quantitative estimate of drug-likeness (QED) is 0.761. The number of H-pyrrole nitrogens is 1. The number of ether oxygens (including phenoxy) is 1. The molecule has 0 saturated heterocycles. The lowest BCUT2D eigenvalue weighted by Gasteiger charge is -2.12. The molecule has 2 aromatic carbocycles. The lowest BCUT2D eigenvalue weighted by atomic mass is 10.1. The highest BCUT2D eigenvalue weighted by Gasteiger charge is 2.17. The zero-order valence-electron chi connectivity index (χ0n) is 13.2. The predicted octanol–water partition coefficient (Wildman–Crippen LogP) is 2.65. The van der Waals surface area contributed by atoms with Gasteiger partial charge in [0, 0.05) is 17.0 Å². The first-order valence-corrected chi connectivity index (χ1v) is 8.68. The summed E-state index contributed by atoms with van der Waals surface area (Å²) in [6, 6.07) is 12.8. The van der Waals surface area contributed by atoms with E-state index in [1.54, 1.807) is 43.3 Å². The molecule has 6 nitrogen and oxygen atoms in total. The minimum Gasteiger partial charge on any atom is -0.495 e. The topological polar surface area (TPSA) is 88.3 Å². The molecule has 3 rings (SSSR count). The van der Waals surface area contributed by atoms with Gasteiger partial charge in [0.1, 0.15) is 5.75 Å². The Labute approximate surface area is 139 Å². The summed E-state index contributed by atoms with van der Waals surface area (Å²) in [6.07, 6.45) is 0. The lowest BCUT2D eigenvalue weighted by molar-refractivity contribution is 0.417. The molecule has 0 saturated carbocycles. The van der Waals surface area contributed by atoms with Crippen LogP contribution in [0.4, 0.5) is 5.69 Å². The summed E-state index contributed by atoms with van der Waals surface area (Å²) < 4.78 is 33.0. The minimum atomic E-state index is -3.79. The van der Waals surface area contributed by atoms with Gasteiger partial charge in [-0.05, 0) is 42.8 Å². The summed E-state index contributed by atoms with van der Waals surface area (Å²) in [7, 11) is -2.31. The number of anilines is 1. The van der Waals surface area contributed by atoms with Gasteiger partial charge in [-0.25, -0.2) is 8.42 Å². The standard InChI is InChI=1S/C17H16N2O4S/c1-11-9-17(20)18-14-8-7-12(10-13(11)14)24(21,22)19-15-5-3-4-6-16(15)23-2/h3-10,19H,1-2H3,(H,18,20). The minimum absolute atomic E-state index is 0.107. The van der Waals surface area contributed by atoms with Crippen LogP contribution in [0.2, 0.25) is 0 Å². The predicted molar refractivity (Wildman–Crippen MR) is 93.1 cm³/mol. The second-order valence-electron chi connectivity index (χ2n) is 5.33. The molecule has 1 heterocycles. The third-order valence-corrected chi connectivity index (χ3v) is 5.05. The van der Waals surface area contributed by atoms with Crippen LogP contribution in [0.15, 0.2) is 58.2 Å². The molecular formula is C17H16N2O4S. The van der Waals surface area contributed by atoms with Crippen molar-refractivity contribution in [3.05, 3.63) is 64.4 Å². The van der Waals surface area contributed by atoms with Crippen molar-refractivity contribution in [3.8, 4) is 5.75 Å². The SMILES string of the molecule is COc1ccccc1NS(=O)(=O)c1ccc2[nH]c(=O)cc(C)c2c1. The summed E-state index contributed by atoms with van der Waals surface area (Å²) in [4.78, 5) is 14.3. The van der Waals surface area contributed by atoms with Crippen molar-refractivity contribution in [3.63, 3.8) is 0 Å². The van der Waals surface area contributed by atoms with Gasteiger partial charge in [-0.3, -0.25) is 9.52 Å². The molecule has 2 N–H and O–H groups in total. The number of rotatable bonds is 4. The first kappa shape index (κ1) is 16.1. The first-order valence-electron chi connectivity index (χ1n) is 7.20. The molecular weight excluding hydrogens is 328 g/mol. The fourth-order valence-corrected chi connectivity index (χ4v) is 3.60. The molecule has 24 heavy (non-hydrogen) atoms. The van der Waals surface area contributed by atoms with Gasteiger partial charge in [0.05, 0.1) is 17.7 Å². The molecule has 0 aliphatic carbocycles. The molecule has 7 heteroatoms. The number of aromatic amines is 1. The molecule has 0 unspecified atom stereocenters. The van der Waals surface area contributed by atoms with Crippen LogP contribution in [0.1, 0.15) is 5.56 Å². The number of methoxy groups -OCH3 is 1. The Balaban J connectivity index is 2.07. The third kappa shape index (κ3) is 2.98. The van der Waals surface area contributed by atoms with Crippen molar-refractivity contribution in [1.29, 1.82) is 0 Å². The summed E-state index contributed by atoms with van der Waals surface area (Å²) in [5.41, 5.74) is 1.44. The average Bonchev–Trinajstić information content (AvgIpc) is 2.54. The summed E-state index contributed by atoms with van der Waals surface area (Å²) in [6.45, 7) is 1.77. The van der Waals surface area contributed by atoms with Gasteiger partial charge in [0.15, 0.2) is 0 Å². The van der Waals surface area contributed by atoms with Gasteiger partial charge in [0.2, 0.25) is 5.56 Å². The van der Waals surface area contributed by atoms with Crippen LogP contribution in [0, 0.1) is 6.92 Å². The number of aromatic nitrogens is 1. The van der Waals surface area contributed by atoms with Gasteiger partial charge in [-0.2, -0.15) is 0 Å². The number of hydrogen-bond donors (Lipinski definition) is 2. The Morgan fingerprint density at radius 3 is 2.58 bits per heavy atom. The normalized spacial score (nSPS) is 11.4. The monoisotopic (exact) mass is 344 g/mol. The number of fused-ring (bicyclic) bond motifs is 1. The van der Waals surface area contributed by atoms with Crippen molar-refractivity contribution >= 4 is 26.6 Å². The average molecular weight is 344 g/mol. The molecule has 0 aliphatic rings. The van der Waals surface area contributed by atoms with Crippen molar-refractivity contribution < 1.29 is 13.2 Å². The van der Waals surface area contributed by atoms with E-state index in [4.69, 9.17) is 4.74 Å². The molecule has 0 aliphatic heterocycles. The van der Waals surface area contributed by atoms with E-state index in [-0.39, 0.29) is 10.5 Å². The second-order valence-corrected chi connectivity index (χ2v) is 7.01. The van der Waals surface area contributed by atoms with E-state index in [2.05, 4.69) is 9.71 Å². The van der Waals surface area contributed by atoms with Crippen LogP contribution >= 0.6 is 0 Å². The Kier molecular flexibility index (Phi) is 4.02. The third-order valence-electron chi connectivity index (χ3n) is 3.68. The maximum Gasteiger partial charge on any atom is 0.262 e. The van der Waals surface area contributed by atoms with E-state index in [0.717, 1.165) is 0 Å². The maximum absolute atomic E-state index is 12.7. The summed E-state index contributed by atoms with van der Waals surface area (Å²) in [5.74, 6) is 0.433. The molecule has 124 valence electrons. The number of hydrogen-bond acceptors (Lipinski definition) is 4. The Bertz CT molecular complexity index is 1070. The smallest absolute Gasteiger partial charge is 0.262 e. The zero-order chi connectivity index (χ0) is 17.3. The highest BCUT2D eigenvalue weighted by molar-refractivity contribution is 7.92. The van der Waals surface area contributed by atoms with Gasteiger partial charge in [0.25, 0.3) is 10.0 Å². The van der Waals surface area contributed by atoms with Crippen LogP contribution in [0.25, 0.3) is 10.9 Å². The van der Waals surface area contributed by atoms with E-state index in [9.17, 15) is 13.2 Å². The fraction of sp³-hybridized carbons (Fsp3) is 0.118. The molecule has 0 fully saturated rings.